The van der Waals surface area contributed by atoms with Gasteiger partial charge in [0.2, 0.25) is 0 Å². The highest BCUT2D eigenvalue weighted by Gasteiger charge is 2.23. The highest BCUT2D eigenvalue weighted by Crippen LogP contribution is 2.26. The van der Waals surface area contributed by atoms with Crippen molar-refractivity contribution in [3.05, 3.63) is 65.2 Å². The normalized spacial score (nSPS) is 17.5. The molecule has 2 N–H and O–H groups in total. The summed E-state index contributed by atoms with van der Waals surface area (Å²) in [6.07, 6.45) is 1.23. The van der Waals surface area contributed by atoms with Crippen molar-refractivity contribution in [1.29, 1.82) is 0 Å². The van der Waals surface area contributed by atoms with Crippen molar-refractivity contribution in [2.45, 2.75) is 26.1 Å². The second-order valence-corrected chi connectivity index (χ2v) is 5.84. The molecule has 0 aliphatic carbocycles. The van der Waals surface area contributed by atoms with Crippen molar-refractivity contribution in [3.63, 3.8) is 0 Å². The Balaban J connectivity index is 1.62. The third-order valence-electron chi connectivity index (χ3n) is 4.16. The molecule has 2 heterocycles. The Morgan fingerprint density at radius 2 is 1.86 bits per heavy atom. The van der Waals surface area contributed by atoms with Gasteiger partial charge in [0, 0.05) is 19.6 Å². The topological polar surface area (TPSA) is 42.1 Å². The standard InChI is InChI=1S/C17H20FN3/c1-12(17(19)16-7-6-15(18)8-20-16)9-21-10-13-4-2-3-5-14(13)11-21/h2-8,12,17H,9-11,19H2,1H3. The van der Waals surface area contributed by atoms with Crippen LogP contribution in [-0.2, 0) is 13.1 Å². The van der Waals surface area contributed by atoms with E-state index in [1.165, 1.54) is 23.4 Å². The quantitative estimate of drug-likeness (QED) is 0.939. The molecule has 0 radical (unpaired) electrons. The lowest BCUT2D eigenvalue weighted by Gasteiger charge is -2.25. The molecule has 110 valence electrons. The van der Waals surface area contributed by atoms with Gasteiger partial charge >= 0.3 is 0 Å². The first-order valence-corrected chi connectivity index (χ1v) is 7.29. The minimum absolute atomic E-state index is 0.172. The van der Waals surface area contributed by atoms with Crippen LogP contribution < -0.4 is 5.73 Å². The van der Waals surface area contributed by atoms with Crippen LogP contribution in [0.2, 0.25) is 0 Å². The van der Waals surface area contributed by atoms with Crippen LogP contribution in [0.25, 0.3) is 0 Å². The van der Waals surface area contributed by atoms with Gasteiger partial charge in [-0.1, -0.05) is 31.2 Å². The number of nitrogens with zero attached hydrogens (tertiary/aromatic N) is 2. The van der Waals surface area contributed by atoms with Gasteiger partial charge in [-0.15, -0.1) is 0 Å². The highest BCUT2D eigenvalue weighted by atomic mass is 19.1. The Morgan fingerprint density at radius 3 is 2.43 bits per heavy atom. The maximum atomic E-state index is 12.9. The molecular weight excluding hydrogens is 265 g/mol. The molecule has 0 amide bonds. The summed E-state index contributed by atoms with van der Waals surface area (Å²) in [6, 6.07) is 11.5. The monoisotopic (exact) mass is 285 g/mol. The van der Waals surface area contributed by atoms with Gasteiger partial charge in [-0.2, -0.15) is 0 Å². The van der Waals surface area contributed by atoms with E-state index in [2.05, 4.69) is 41.1 Å². The lowest BCUT2D eigenvalue weighted by Crippen LogP contribution is -2.31. The first kappa shape index (κ1) is 14.2. The second kappa shape index (κ2) is 5.92. The zero-order chi connectivity index (χ0) is 14.8. The molecular formula is C17H20FN3. The van der Waals surface area contributed by atoms with E-state index in [1.54, 1.807) is 6.07 Å². The third kappa shape index (κ3) is 3.12. The van der Waals surface area contributed by atoms with E-state index < -0.39 is 0 Å². The van der Waals surface area contributed by atoms with Crippen molar-refractivity contribution < 1.29 is 4.39 Å². The van der Waals surface area contributed by atoms with Crippen LogP contribution in [0.1, 0.15) is 29.8 Å². The maximum absolute atomic E-state index is 12.9. The zero-order valence-electron chi connectivity index (χ0n) is 12.2. The molecule has 1 aromatic heterocycles. The van der Waals surface area contributed by atoms with E-state index in [1.807, 2.05) is 0 Å². The lowest BCUT2D eigenvalue weighted by atomic mass is 9.98. The van der Waals surface area contributed by atoms with Crippen molar-refractivity contribution in [2.24, 2.45) is 11.7 Å². The van der Waals surface area contributed by atoms with Gasteiger partial charge < -0.3 is 5.73 Å². The number of hydrogen-bond acceptors (Lipinski definition) is 3. The van der Waals surface area contributed by atoms with Crippen molar-refractivity contribution in [2.75, 3.05) is 6.54 Å². The Hall–Kier alpha value is -1.78. The molecule has 4 heteroatoms. The van der Waals surface area contributed by atoms with Gasteiger partial charge in [0.1, 0.15) is 5.82 Å². The predicted molar refractivity (Wildman–Crippen MR) is 80.8 cm³/mol. The maximum Gasteiger partial charge on any atom is 0.141 e. The van der Waals surface area contributed by atoms with E-state index in [-0.39, 0.29) is 17.8 Å². The van der Waals surface area contributed by atoms with Gasteiger partial charge in [-0.25, -0.2) is 4.39 Å². The Bertz CT molecular complexity index is 587. The first-order chi connectivity index (χ1) is 10.1. The van der Waals surface area contributed by atoms with Crippen LogP contribution in [0.3, 0.4) is 0 Å². The molecule has 0 fully saturated rings. The Kier molecular flexibility index (Phi) is 3.99. The minimum Gasteiger partial charge on any atom is -0.322 e. The fraction of sp³-hybridized carbons (Fsp3) is 0.353. The molecule has 0 bridgehead atoms. The summed E-state index contributed by atoms with van der Waals surface area (Å²) in [5.41, 5.74) is 9.81. The van der Waals surface area contributed by atoms with Crippen molar-refractivity contribution in [1.82, 2.24) is 9.88 Å². The van der Waals surface area contributed by atoms with Gasteiger partial charge in [-0.05, 0) is 29.2 Å². The number of hydrogen-bond donors (Lipinski definition) is 1. The highest BCUT2D eigenvalue weighted by molar-refractivity contribution is 5.30. The average Bonchev–Trinajstić information content (AvgIpc) is 2.89. The zero-order valence-corrected chi connectivity index (χ0v) is 12.2. The minimum atomic E-state index is -0.325. The molecule has 3 rings (SSSR count). The van der Waals surface area contributed by atoms with Crippen LogP contribution in [0.4, 0.5) is 4.39 Å². The summed E-state index contributed by atoms with van der Waals surface area (Å²) in [7, 11) is 0. The van der Waals surface area contributed by atoms with Gasteiger partial charge in [0.25, 0.3) is 0 Å². The summed E-state index contributed by atoms with van der Waals surface area (Å²) >= 11 is 0. The summed E-state index contributed by atoms with van der Waals surface area (Å²) in [6.45, 7) is 4.99. The molecule has 21 heavy (non-hydrogen) atoms. The van der Waals surface area contributed by atoms with E-state index >= 15 is 0 Å². The molecule has 0 spiro atoms. The predicted octanol–water partition coefficient (Wildman–Crippen LogP) is 2.87. The Morgan fingerprint density at radius 1 is 1.19 bits per heavy atom. The van der Waals surface area contributed by atoms with Gasteiger partial charge in [0.05, 0.1) is 17.9 Å². The van der Waals surface area contributed by atoms with Crippen molar-refractivity contribution >= 4 is 0 Å². The molecule has 0 saturated heterocycles. The summed E-state index contributed by atoms with van der Waals surface area (Å²) in [4.78, 5) is 6.50. The molecule has 3 nitrogen and oxygen atoms in total. The second-order valence-electron chi connectivity index (χ2n) is 5.84. The number of aromatic nitrogens is 1. The summed E-state index contributed by atoms with van der Waals surface area (Å²) in [5.74, 6) is -0.0640. The lowest BCUT2D eigenvalue weighted by molar-refractivity contribution is 0.225. The number of halogens is 1. The molecule has 1 aliphatic rings. The van der Waals surface area contributed by atoms with Gasteiger partial charge in [-0.3, -0.25) is 9.88 Å². The molecule has 2 aromatic rings. The van der Waals surface area contributed by atoms with Crippen LogP contribution in [0, 0.1) is 11.7 Å². The molecule has 2 unspecified atom stereocenters. The van der Waals surface area contributed by atoms with Gasteiger partial charge in [0.15, 0.2) is 0 Å². The average molecular weight is 285 g/mol. The van der Waals surface area contributed by atoms with E-state index in [0.29, 0.717) is 0 Å². The SMILES string of the molecule is CC(CN1Cc2ccccc2C1)C(N)c1ccc(F)cn1. The fourth-order valence-corrected chi connectivity index (χ4v) is 2.93. The fourth-order valence-electron chi connectivity index (χ4n) is 2.93. The molecule has 2 atom stereocenters. The molecule has 1 aromatic carbocycles. The smallest absolute Gasteiger partial charge is 0.141 e. The number of pyridine rings is 1. The van der Waals surface area contributed by atoms with E-state index in [0.717, 1.165) is 25.3 Å². The summed E-state index contributed by atoms with van der Waals surface area (Å²) < 4.78 is 12.9. The Labute approximate surface area is 124 Å². The summed E-state index contributed by atoms with van der Waals surface area (Å²) in [5, 5.41) is 0. The number of nitrogens with two attached hydrogens (primary N) is 1. The molecule has 0 saturated carbocycles. The number of rotatable bonds is 4. The molecule has 1 aliphatic heterocycles. The first-order valence-electron chi connectivity index (χ1n) is 7.29. The van der Waals surface area contributed by atoms with Crippen LogP contribution in [-0.4, -0.2) is 16.4 Å². The largest absolute Gasteiger partial charge is 0.322 e. The van der Waals surface area contributed by atoms with Crippen LogP contribution >= 0.6 is 0 Å². The van der Waals surface area contributed by atoms with Crippen molar-refractivity contribution in [3.8, 4) is 0 Å². The van der Waals surface area contributed by atoms with E-state index in [9.17, 15) is 4.39 Å². The van der Waals surface area contributed by atoms with Crippen LogP contribution in [0.5, 0.6) is 0 Å². The van der Waals surface area contributed by atoms with E-state index in [4.69, 9.17) is 5.73 Å². The van der Waals surface area contributed by atoms with Crippen LogP contribution in [0.15, 0.2) is 42.6 Å². The number of fused-ring (bicyclic) bond motifs is 1. The number of benzene rings is 1. The third-order valence-corrected chi connectivity index (χ3v) is 4.16.